The van der Waals surface area contributed by atoms with Gasteiger partial charge in [-0.3, -0.25) is 9.59 Å². The average molecular weight is 481 g/mol. The van der Waals surface area contributed by atoms with Crippen molar-refractivity contribution in [3.63, 3.8) is 0 Å². The molecule has 0 bridgehead atoms. The van der Waals surface area contributed by atoms with Crippen molar-refractivity contribution in [1.29, 1.82) is 0 Å². The first-order valence-electron chi connectivity index (χ1n) is 13.4. The third-order valence-electron chi connectivity index (χ3n) is 9.85. The summed E-state index contributed by atoms with van der Waals surface area (Å²) in [6.07, 6.45) is 9.54. The fourth-order valence-corrected chi connectivity index (χ4v) is 8.60. The molecule has 0 aliphatic heterocycles. The van der Waals surface area contributed by atoms with E-state index in [2.05, 4.69) is 37.3 Å². The van der Waals surface area contributed by atoms with E-state index in [-0.39, 0.29) is 35.7 Å². The molecule has 4 aliphatic carbocycles. The van der Waals surface area contributed by atoms with E-state index in [4.69, 9.17) is 14.2 Å². The topological polar surface area (TPSA) is 61.8 Å². The molecular weight excluding hydrogens is 440 g/mol. The van der Waals surface area contributed by atoms with Gasteiger partial charge in [0.05, 0.1) is 6.10 Å². The number of methoxy groups -OCH3 is 1. The Labute approximate surface area is 209 Å². The summed E-state index contributed by atoms with van der Waals surface area (Å²) in [6, 6.07) is 10.4. The fourth-order valence-electron chi connectivity index (χ4n) is 8.60. The van der Waals surface area contributed by atoms with E-state index in [1.165, 1.54) is 30.9 Å². The van der Waals surface area contributed by atoms with Crippen LogP contribution in [0.2, 0.25) is 0 Å². The van der Waals surface area contributed by atoms with Crippen molar-refractivity contribution in [3.8, 4) is 0 Å². The first-order chi connectivity index (χ1) is 16.8. The van der Waals surface area contributed by atoms with Gasteiger partial charge in [-0.1, -0.05) is 43.3 Å². The molecule has 0 heterocycles. The fraction of sp³-hybridized carbons (Fsp3) is 0.667. The van der Waals surface area contributed by atoms with E-state index in [0.717, 1.165) is 32.1 Å². The van der Waals surface area contributed by atoms with Crippen LogP contribution >= 0.6 is 0 Å². The standard InChI is InChI=1S/C30H40O5/c1-18(31)34-27-13-12-22-23-14-15-30(3)26(24(23)10-11-25(22)28(27)33-4)17-21(29(30)35-19(2)32)16-20-8-6-5-7-9-20/h5-9,16,22-29H,10-15,17H2,1-4H3. The molecule has 0 spiro atoms. The largest absolute Gasteiger partial charge is 0.460 e. The van der Waals surface area contributed by atoms with Crippen molar-refractivity contribution in [3.05, 3.63) is 41.5 Å². The third kappa shape index (κ3) is 4.45. The number of benzene rings is 1. The highest BCUT2D eigenvalue weighted by Crippen LogP contribution is 2.64. The average Bonchev–Trinajstić information content (AvgIpc) is 3.10. The van der Waals surface area contributed by atoms with Gasteiger partial charge in [-0.2, -0.15) is 0 Å². The van der Waals surface area contributed by atoms with Crippen molar-refractivity contribution < 1.29 is 23.8 Å². The monoisotopic (exact) mass is 480 g/mol. The molecule has 4 saturated carbocycles. The normalized spacial score (nSPS) is 41.4. The zero-order valence-corrected chi connectivity index (χ0v) is 21.6. The number of hydrogen-bond acceptors (Lipinski definition) is 5. The van der Waals surface area contributed by atoms with Crippen LogP contribution in [0, 0.1) is 35.0 Å². The van der Waals surface area contributed by atoms with E-state index >= 15 is 0 Å². The highest BCUT2D eigenvalue weighted by atomic mass is 16.6. The molecule has 0 aromatic heterocycles. The van der Waals surface area contributed by atoms with Crippen LogP contribution in [-0.2, 0) is 23.8 Å². The maximum atomic E-state index is 12.2. The SMILES string of the molecule is COC1C(OC(C)=O)CCC2C3CCC4(C)C(OC(C)=O)C(=Cc5ccccc5)CC4C3CCC21. The predicted octanol–water partition coefficient (Wildman–Crippen LogP) is 5.82. The molecule has 9 unspecified atom stereocenters. The quantitative estimate of drug-likeness (QED) is 0.508. The Morgan fingerprint density at radius 1 is 0.886 bits per heavy atom. The van der Waals surface area contributed by atoms with Crippen LogP contribution in [0.5, 0.6) is 0 Å². The second-order valence-corrected chi connectivity index (χ2v) is 11.6. The Morgan fingerprint density at radius 3 is 2.23 bits per heavy atom. The Hall–Kier alpha value is -2.14. The number of carbonyl (C=O) groups is 2. The van der Waals surface area contributed by atoms with E-state index in [9.17, 15) is 9.59 Å². The molecule has 4 fully saturated rings. The molecule has 5 nitrogen and oxygen atoms in total. The van der Waals surface area contributed by atoms with E-state index in [1.807, 2.05) is 6.07 Å². The van der Waals surface area contributed by atoms with Gasteiger partial charge in [0, 0.05) is 26.4 Å². The van der Waals surface area contributed by atoms with Crippen molar-refractivity contribution in [2.24, 2.45) is 35.0 Å². The second kappa shape index (κ2) is 9.72. The van der Waals surface area contributed by atoms with Crippen molar-refractivity contribution in [2.45, 2.75) is 84.0 Å². The van der Waals surface area contributed by atoms with Gasteiger partial charge in [-0.15, -0.1) is 0 Å². The summed E-state index contributed by atoms with van der Waals surface area (Å²) in [7, 11) is 1.77. The molecule has 1 aromatic carbocycles. The summed E-state index contributed by atoms with van der Waals surface area (Å²) in [5, 5.41) is 0. The molecule has 0 radical (unpaired) electrons. The molecule has 9 atom stereocenters. The third-order valence-corrected chi connectivity index (χ3v) is 9.85. The van der Waals surface area contributed by atoms with Crippen LogP contribution in [0.15, 0.2) is 35.9 Å². The minimum atomic E-state index is -0.210. The lowest BCUT2D eigenvalue weighted by Crippen LogP contribution is -2.54. The summed E-state index contributed by atoms with van der Waals surface area (Å²) < 4.78 is 17.7. The number of rotatable bonds is 4. The Balaban J connectivity index is 1.41. The van der Waals surface area contributed by atoms with Crippen LogP contribution in [0.1, 0.15) is 71.3 Å². The zero-order chi connectivity index (χ0) is 24.7. The highest BCUT2D eigenvalue weighted by molar-refractivity contribution is 5.68. The number of hydrogen-bond donors (Lipinski definition) is 0. The summed E-state index contributed by atoms with van der Waals surface area (Å²) >= 11 is 0. The van der Waals surface area contributed by atoms with Crippen LogP contribution in [0.25, 0.3) is 6.08 Å². The summed E-state index contributed by atoms with van der Waals surface area (Å²) in [6.45, 7) is 5.41. The first kappa shape index (κ1) is 24.5. The Bertz CT molecular complexity index is 970. The van der Waals surface area contributed by atoms with Gasteiger partial charge in [0.2, 0.25) is 0 Å². The first-order valence-corrected chi connectivity index (χ1v) is 13.4. The molecule has 35 heavy (non-hydrogen) atoms. The highest BCUT2D eigenvalue weighted by Gasteiger charge is 2.60. The van der Waals surface area contributed by atoms with Gasteiger partial charge in [0.15, 0.2) is 0 Å². The summed E-state index contributed by atoms with van der Waals surface area (Å²) in [5.41, 5.74) is 2.43. The van der Waals surface area contributed by atoms with Gasteiger partial charge < -0.3 is 14.2 Å². The molecule has 5 rings (SSSR count). The maximum Gasteiger partial charge on any atom is 0.303 e. The molecule has 0 saturated heterocycles. The minimum Gasteiger partial charge on any atom is -0.460 e. The second-order valence-electron chi connectivity index (χ2n) is 11.6. The van der Waals surface area contributed by atoms with E-state index < -0.39 is 0 Å². The summed E-state index contributed by atoms with van der Waals surface area (Å²) in [4.78, 5) is 23.8. The molecule has 1 aromatic rings. The molecule has 4 aliphatic rings. The minimum absolute atomic E-state index is 0.00202. The molecule has 5 heteroatoms. The lowest BCUT2D eigenvalue weighted by molar-refractivity contribution is -0.177. The van der Waals surface area contributed by atoms with Crippen LogP contribution in [0.4, 0.5) is 0 Å². The van der Waals surface area contributed by atoms with Gasteiger partial charge in [-0.25, -0.2) is 0 Å². The maximum absolute atomic E-state index is 12.2. The molecule has 0 amide bonds. The van der Waals surface area contributed by atoms with E-state index in [1.54, 1.807) is 14.0 Å². The Kier molecular flexibility index (Phi) is 6.82. The van der Waals surface area contributed by atoms with Gasteiger partial charge in [-0.05, 0) is 85.7 Å². The van der Waals surface area contributed by atoms with Gasteiger partial charge >= 0.3 is 11.9 Å². The summed E-state index contributed by atoms with van der Waals surface area (Å²) in [5.74, 6) is 2.49. The number of fused-ring (bicyclic) bond motifs is 5. The molecule has 190 valence electrons. The lowest BCUT2D eigenvalue weighted by atomic mass is 9.50. The van der Waals surface area contributed by atoms with E-state index in [0.29, 0.717) is 29.6 Å². The van der Waals surface area contributed by atoms with Crippen LogP contribution in [-0.4, -0.2) is 37.4 Å². The number of ether oxygens (including phenoxy) is 3. The number of carbonyl (C=O) groups excluding carboxylic acids is 2. The van der Waals surface area contributed by atoms with Gasteiger partial charge in [0.25, 0.3) is 0 Å². The molecule has 0 N–H and O–H groups in total. The molecular formula is C30H40O5. The lowest BCUT2D eigenvalue weighted by Gasteiger charge is -2.56. The number of esters is 2. The predicted molar refractivity (Wildman–Crippen MR) is 134 cm³/mol. The van der Waals surface area contributed by atoms with Crippen molar-refractivity contribution in [2.75, 3.05) is 7.11 Å². The van der Waals surface area contributed by atoms with Crippen molar-refractivity contribution >= 4 is 18.0 Å². The van der Waals surface area contributed by atoms with Crippen LogP contribution < -0.4 is 0 Å². The zero-order valence-electron chi connectivity index (χ0n) is 21.6. The Morgan fingerprint density at radius 2 is 1.54 bits per heavy atom. The van der Waals surface area contributed by atoms with Gasteiger partial charge in [0.1, 0.15) is 12.2 Å². The van der Waals surface area contributed by atoms with Crippen molar-refractivity contribution in [1.82, 2.24) is 0 Å². The smallest absolute Gasteiger partial charge is 0.303 e. The van der Waals surface area contributed by atoms with Crippen LogP contribution in [0.3, 0.4) is 0 Å².